The van der Waals surface area contributed by atoms with E-state index in [0.29, 0.717) is 34.9 Å². The second kappa shape index (κ2) is 9.52. The zero-order valence-corrected chi connectivity index (χ0v) is 20.7. The van der Waals surface area contributed by atoms with Crippen molar-refractivity contribution >= 4 is 34.8 Å². The Kier molecular flexibility index (Phi) is 6.07. The third kappa shape index (κ3) is 5.05. The number of carbonyl (C=O) groups excluding carboxylic acids is 1. The molecule has 0 unspecified atom stereocenters. The summed E-state index contributed by atoms with van der Waals surface area (Å²) < 4.78 is 7.32. The fraction of sp³-hybridized carbons (Fsp3) is 0.333. The summed E-state index contributed by atoms with van der Waals surface area (Å²) in [5.74, 6) is 2.26. The molecule has 2 fully saturated rings. The van der Waals surface area contributed by atoms with Crippen molar-refractivity contribution in [1.29, 1.82) is 0 Å². The number of amides is 1. The molecule has 0 saturated heterocycles. The van der Waals surface area contributed by atoms with E-state index >= 15 is 0 Å². The van der Waals surface area contributed by atoms with Crippen LogP contribution < -0.4 is 10.6 Å². The standard InChI is InChI=1S/C27H27ClN6O2/c1-36-15-25-31-23(29-12-20-14-34-13-18(16-5-6-16)7-8-26(34)30-20)11-24(32-25)33-27(35)22-10-21(22)17-3-2-4-19(28)9-17/h2-4,7-9,11,13-14,16,21-22H,5-6,10,12,15H2,1H3,(H2,29,31,32,33,35)/t21-,22+/m0/s1. The van der Waals surface area contributed by atoms with E-state index in [1.807, 2.05) is 30.5 Å². The number of methoxy groups -OCH3 is 1. The number of carbonyl (C=O) groups is 1. The Morgan fingerprint density at radius 1 is 1.08 bits per heavy atom. The number of hydrogen-bond acceptors (Lipinski definition) is 6. The average molecular weight is 503 g/mol. The van der Waals surface area contributed by atoms with Gasteiger partial charge in [-0.3, -0.25) is 4.79 Å². The Labute approximate surface area is 214 Å². The van der Waals surface area contributed by atoms with Gasteiger partial charge in [0.15, 0.2) is 5.82 Å². The second-order valence-corrected chi connectivity index (χ2v) is 10.0. The average Bonchev–Trinajstić information content (AvgIpc) is 3.79. The maximum absolute atomic E-state index is 12.9. The number of hydrogen-bond donors (Lipinski definition) is 2. The minimum absolute atomic E-state index is 0.0557. The van der Waals surface area contributed by atoms with E-state index in [1.165, 1.54) is 18.4 Å². The molecule has 9 heteroatoms. The van der Waals surface area contributed by atoms with Crippen molar-refractivity contribution in [3.63, 3.8) is 0 Å². The second-order valence-electron chi connectivity index (χ2n) is 9.57. The monoisotopic (exact) mass is 502 g/mol. The summed E-state index contributed by atoms with van der Waals surface area (Å²) in [6.07, 6.45) is 7.55. The summed E-state index contributed by atoms with van der Waals surface area (Å²) in [6.45, 7) is 0.738. The van der Waals surface area contributed by atoms with Gasteiger partial charge in [0.1, 0.15) is 23.9 Å². The summed E-state index contributed by atoms with van der Waals surface area (Å²) in [5.41, 5.74) is 4.28. The highest BCUT2D eigenvalue weighted by molar-refractivity contribution is 6.30. The van der Waals surface area contributed by atoms with Crippen molar-refractivity contribution in [3.05, 3.63) is 82.5 Å². The summed E-state index contributed by atoms with van der Waals surface area (Å²) in [5, 5.41) is 6.97. The van der Waals surface area contributed by atoms with Crippen molar-refractivity contribution in [1.82, 2.24) is 19.4 Å². The minimum atomic E-state index is -0.0979. The van der Waals surface area contributed by atoms with Gasteiger partial charge in [0.2, 0.25) is 5.91 Å². The molecule has 184 valence electrons. The topological polar surface area (TPSA) is 93.4 Å². The fourth-order valence-electron chi connectivity index (χ4n) is 4.64. The number of nitrogens with one attached hydrogen (secondary N) is 2. The first-order valence-electron chi connectivity index (χ1n) is 12.2. The van der Waals surface area contributed by atoms with Crippen molar-refractivity contribution in [2.24, 2.45) is 5.92 Å². The summed E-state index contributed by atoms with van der Waals surface area (Å²) in [4.78, 5) is 26.6. The molecule has 0 aliphatic heterocycles. The lowest BCUT2D eigenvalue weighted by Gasteiger charge is -2.10. The number of benzene rings is 1. The van der Waals surface area contributed by atoms with Crippen LogP contribution in [-0.2, 0) is 22.7 Å². The molecule has 2 aliphatic carbocycles. The number of ether oxygens (including phenoxy) is 1. The van der Waals surface area contributed by atoms with Crippen LogP contribution in [0.15, 0.2) is 54.9 Å². The van der Waals surface area contributed by atoms with Gasteiger partial charge in [-0.25, -0.2) is 15.0 Å². The third-order valence-electron chi connectivity index (χ3n) is 6.72. The van der Waals surface area contributed by atoms with E-state index in [9.17, 15) is 4.79 Å². The molecular weight excluding hydrogens is 476 g/mol. The minimum Gasteiger partial charge on any atom is -0.377 e. The molecule has 2 N–H and O–H groups in total. The predicted molar refractivity (Wildman–Crippen MR) is 138 cm³/mol. The van der Waals surface area contributed by atoms with Crippen molar-refractivity contribution in [3.8, 4) is 0 Å². The molecule has 3 aromatic heterocycles. The number of anilines is 2. The van der Waals surface area contributed by atoms with Crippen LogP contribution in [0.5, 0.6) is 0 Å². The van der Waals surface area contributed by atoms with E-state index in [1.54, 1.807) is 13.2 Å². The van der Waals surface area contributed by atoms with E-state index in [4.69, 9.17) is 21.3 Å². The van der Waals surface area contributed by atoms with Crippen LogP contribution in [0.4, 0.5) is 11.6 Å². The number of fused-ring (bicyclic) bond motifs is 1. The molecule has 2 atom stereocenters. The van der Waals surface area contributed by atoms with Gasteiger partial charge in [0.25, 0.3) is 0 Å². The van der Waals surface area contributed by atoms with Gasteiger partial charge in [0.05, 0.1) is 12.2 Å². The molecule has 3 heterocycles. The molecule has 6 rings (SSSR count). The molecule has 2 saturated carbocycles. The summed E-state index contributed by atoms with van der Waals surface area (Å²) in [6, 6.07) is 13.7. The SMILES string of the molecule is COCc1nc(NCc2cn3cc(C4CC4)ccc3n2)cc(NC(=O)[C@@H]2C[C@H]2c2cccc(Cl)c2)n1. The first-order chi connectivity index (χ1) is 17.6. The van der Waals surface area contributed by atoms with Crippen LogP contribution in [0.2, 0.25) is 5.02 Å². The lowest BCUT2D eigenvalue weighted by Crippen LogP contribution is -2.17. The molecule has 1 amide bonds. The normalized spacial score (nSPS) is 18.8. The molecule has 0 bridgehead atoms. The number of halogens is 1. The fourth-order valence-corrected chi connectivity index (χ4v) is 4.84. The first kappa shape index (κ1) is 22.9. The van der Waals surface area contributed by atoms with Gasteiger partial charge >= 0.3 is 0 Å². The van der Waals surface area contributed by atoms with Gasteiger partial charge < -0.3 is 19.8 Å². The van der Waals surface area contributed by atoms with E-state index in [-0.39, 0.29) is 24.3 Å². The van der Waals surface area contributed by atoms with Gasteiger partial charge in [-0.2, -0.15) is 0 Å². The number of nitrogens with zero attached hydrogens (tertiary/aromatic N) is 4. The zero-order chi connectivity index (χ0) is 24.6. The first-order valence-corrected chi connectivity index (χ1v) is 12.6. The smallest absolute Gasteiger partial charge is 0.229 e. The number of imidazole rings is 1. The van der Waals surface area contributed by atoms with Crippen LogP contribution in [0.3, 0.4) is 0 Å². The van der Waals surface area contributed by atoms with Crippen LogP contribution >= 0.6 is 11.6 Å². The molecule has 36 heavy (non-hydrogen) atoms. The van der Waals surface area contributed by atoms with Gasteiger partial charge in [0, 0.05) is 36.5 Å². The Morgan fingerprint density at radius 3 is 2.75 bits per heavy atom. The Bertz CT molecular complexity index is 1430. The van der Waals surface area contributed by atoms with E-state index < -0.39 is 0 Å². The van der Waals surface area contributed by atoms with Crippen LogP contribution in [0.1, 0.15) is 53.7 Å². The zero-order valence-electron chi connectivity index (χ0n) is 19.9. The van der Waals surface area contributed by atoms with Crippen molar-refractivity contribution in [2.75, 3.05) is 17.7 Å². The van der Waals surface area contributed by atoms with Crippen LogP contribution in [-0.4, -0.2) is 32.4 Å². The highest BCUT2D eigenvalue weighted by atomic mass is 35.5. The lowest BCUT2D eigenvalue weighted by molar-refractivity contribution is -0.117. The maximum atomic E-state index is 12.9. The number of aromatic nitrogens is 4. The summed E-state index contributed by atoms with van der Waals surface area (Å²) >= 11 is 6.11. The van der Waals surface area contributed by atoms with Crippen molar-refractivity contribution < 1.29 is 9.53 Å². The van der Waals surface area contributed by atoms with Crippen LogP contribution in [0, 0.1) is 5.92 Å². The van der Waals surface area contributed by atoms with Gasteiger partial charge in [-0.05, 0) is 60.4 Å². The largest absolute Gasteiger partial charge is 0.377 e. The number of rotatable bonds is 9. The maximum Gasteiger partial charge on any atom is 0.229 e. The highest BCUT2D eigenvalue weighted by Crippen LogP contribution is 2.48. The predicted octanol–water partition coefficient (Wildman–Crippen LogP) is 5.16. The Morgan fingerprint density at radius 2 is 1.94 bits per heavy atom. The summed E-state index contributed by atoms with van der Waals surface area (Å²) in [7, 11) is 1.59. The Hall–Kier alpha value is -3.49. The van der Waals surface area contributed by atoms with E-state index in [0.717, 1.165) is 23.3 Å². The molecule has 2 aliphatic rings. The van der Waals surface area contributed by atoms with Gasteiger partial charge in [-0.15, -0.1) is 0 Å². The molecule has 4 aromatic rings. The molecule has 0 radical (unpaired) electrons. The molecule has 0 spiro atoms. The molecular formula is C27H27ClN6O2. The third-order valence-corrected chi connectivity index (χ3v) is 6.96. The molecule has 8 nitrogen and oxygen atoms in total. The van der Waals surface area contributed by atoms with Crippen molar-refractivity contribution in [2.45, 2.75) is 44.2 Å². The van der Waals surface area contributed by atoms with Crippen LogP contribution in [0.25, 0.3) is 5.65 Å². The molecule has 1 aromatic carbocycles. The van der Waals surface area contributed by atoms with Gasteiger partial charge in [-0.1, -0.05) is 29.8 Å². The number of pyridine rings is 1. The highest BCUT2D eigenvalue weighted by Gasteiger charge is 2.44. The quantitative estimate of drug-likeness (QED) is 0.328. The Balaban J connectivity index is 1.14. The lowest BCUT2D eigenvalue weighted by atomic mass is 10.1. The van der Waals surface area contributed by atoms with E-state index in [2.05, 4.69) is 43.3 Å².